The van der Waals surface area contributed by atoms with Gasteiger partial charge in [-0.3, -0.25) is 0 Å². The maximum absolute atomic E-state index is 12.7. The third-order valence-electron chi connectivity index (χ3n) is 2.64. The van der Waals surface area contributed by atoms with E-state index in [1.165, 1.54) is 12.1 Å². The van der Waals surface area contributed by atoms with Gasteiger partial charge in [0.1, 0.15) is 0 Å². The molecule has 0 aromatic heterocycles. The maximum Gasteiger partial charge on any atom is 0.416 e. The quantitative estimate of drug-likeness (QED) is 0.825. The summed E-state index contributed by atoms with van der Waals surface area (Å²) >= 11 is 0. The maximum atomic E-state index is 12.7. The van der Waals surface area contributed by atoms with Gasteiger partial charge in [-0.05, 0) is 18.1 Å². The van der Waals surface area contributed by atoms with Gasteiger partial charge >= 0.3 is 6.18 Å². The number of aliphatic hydroxyl groups is 1. The molecule has 0 saturated heterocycles. The lowest BCUT2D eigenvalue weighted by molar-refractivity contribution is -0.138. The molecule has 0 saturated carbocycles. The molecule has 0 radical (unpaired) electrons. The number of hydrogen-bond donors (Lipinski definition) is 2. The summed E-state index contributed by atoms with van der Waals surface area (Å²) in [5, 5.41) is 12.3. The van der Waals surface area contributed by atoms with Gasteiger partial charge in [-0.15, -0.1) is 0 Å². The van der Waals surface area contributed by atoms with Gasteiger partial charge in [0.2, 0.25) is 0 Å². The van der Waals surface area contributed by atoms with Crippen molar-refractivity contribution in [3.63, 3.8) is 0 Å². The van der Waals surface area contributed by atoms with Crippen LogP contribution in [0.5, 0.6) is 0 Å². The Morgan fingerprint density at radius 1 is 1.28 bits per heavy atom. The summed E-state index contributed by atoms with van der Waals surface area (Å²) in [6.45, 7) is 2.36. The Kier molecular flexibility index (Phi) is 5.62. The largest absolute Gasteiger partial charge is 0.416 e. The summed E-state index contributed by atoms with van der Waals surface area (Å²) in [7, 11) is 0. The highest BCUT2D eigenvalue weighted by Gasteiger charge is 2.32. The van der Waals surface area contributed by atoms with E-state index in [4.69, 9.17) is 0 Å². The summed E-state index contributed by atoms with van der Waals surface area (Å²) < 4.78 is 38.0. The first-order valence-electron chi connectivity index (χ1n) is 5.99. The molecule has 0 spiro atoms. The van der Waals surface area contributed by atoms with Crippen LogP contribution >= 0.6 is 0 Å². The molecule has 2 nitrogen and oxygen atoms in total. The van der Waals surface area contributed by atoms with Crippen molar-refractivity contribution in [1.82, 2.24) is 5.32 Å². The van der Waals surface area contributed by atoms with Crippen LogP contribution in [0.25, 0.3) is 0 Å². The molecule has 1 unspecified atom stereocenters. The van der Waals surface area contributed by atoms with Crippen molar-refractivity contribution in [2.45, 2.75) is 38.6 Å². The topological polar surface area (TPSA) is 32.3 Å². The number of aliphatic hydroxyl groups excluding tert-OH is 1. The first-order chi connectivity index (χ1) is 8.45. The zero-order chi connectivity index (χ0) is 13.6. The Bertz CT molecular complexity index is 365. The molecule has 0 fully saturated rings. The predicted octanol–water partition coefficient (Wildman–Crippen LogP) is 2.96. The molecule has 0 heterocycles. The van der Waals surface area contributed by atoms with E-state index in [1.54, 1.807) is 6.07 Å². The molecule has 5 heteroatoms. The second-order valence-corrected chi connectivity index (χ2v) is 4.23. The molecule has 18 heavy (non-hydrogen) atoms. The first kappa shape index (κ1) is 15.0. The highest BCUT2D eigenvalue weighted by atomic mass is 19.4. The van der Waals surface area contributed by atoms with Gasteiger partial charge in [-0.2, -0.15) is 13.2 Å². The molecule has 2 N–H and O–H groups in total. The van der Waals surface area contributed by atoms with E-state index >= 15 is 0 Å². The fourth-order valence-corrected chi connectivity index (χ4v) is 1.76. The SMILES string of the molecule is CCCC(O)CNCc1ccccc1C(F)(F)F. The van der Waals surface area contributed by atoms with Crippen LogP contribution in [0, 0.1) is 0 Å². The molecule has 0 amide bonds. The lowest BCUT2D eigenvalue weighted by atomic mass is 10.1. The molecule has 1 aromatic carbocycles. The smallest absolute Gasteiger partial charge is 0.392 e. The summed E-state index contributed by atoms with van der Waals surface area (Å²) in [4.78, 5) is 0. The van der Waals surface area contributed by atoms with Crippen LogP contribution in [0.2, 0.25) is 0 Å². The van der Waals surface area contributed by atoms with Gasteiger partial charge in [0, 0.05) is 13.1 Å². The minimum atomic E-state index is -4.33. The van der Waals surface area contributed by atoms with Crippen molar-refractivity contribution >= 4 is 0 Å². The van der Waals surface area contributed by atoms with E-state index in [9.17, 15) is 18.3 Å². The molecular formula is C13H18F3NO. The van der Waals surface area contributed by atoms with Crippen molar-refractivity contribution in [3.8, 4) is 0 Å². The highest BCUT2D eigenvalue weighted by molar-refractivity contribution is 5.29. The molecule has 1 aromatic rings. The van der Waals surface area contributed by atoms with Crippen molar-refractivity contribution < 1.29 is 18.3 Å². The van der Waals surface area contributed by atoms with Gasteiger partial charge in [-0.25, -0.2) is 0 Å². The summed E-state index contributed by atoms with van der Waals surface area (Å²) in [6, 6.07) is 5.47. The van der Waals surface area contributed by atoms with Crippen molar-refractivity contribution in [2.24, 2.45) is 0 Å². The first-order valence-corrected chi connectivity index (χ1v) is 5.99. The molecule has 0 aliphatic carbocycles. The van der Waals surface area contributed by atoms with Gasteiger partial charge in [0.05, 0.1) is 11.7 Å². The molecular weight excluding hydrogens is 243 g/mol. The van der Waals surface area contributed by atoms with Crippen LogP contribution in [0.1, 0.15) is 30.9 Å². The van der Waals surface area contributed by atoms with Crippen molar-refractivity contribution in [1.29, 1.82) is 0 Å². The summed E-state index contributed by atoms with van der Waals surface area (Å²) in [5.74, 6) is 0. The zero-order valence-corrected chi connectivity index (χ0v) is 10.3. The Labute approximate surface area is 105 Å². The molecule has 0 aliphatic rings. The number of halogens is 3. The number of hydrogen-bond acceptors (Lipinski definition) is 2. The van der Waals surface area contributed by atoms with Crippen LogP contribution < -0.4 is 5.32 Å². The second kappa shape index (κ2) is 6.75. The fourth-order valence-electron chi connectivity index (χ4n) is 1.76. The van der Waals surface area contributed by atoms with Crippen molar-refractivity contribution in [3.05, 3.63) is 35.4 Å². The van der Waals surface area contributed by atoms with Crippen LogP contribution in [0.3, 0.4) is 0 Å². The van der Waals surface area contributed by atoms with E-state index in [2.05, 4.69) is 5.32 Å². The third-order valence-corrected chi connectivity index (χ3v) is 2.64. The molecule has 0 bridgehead atoms. The van der Waals surface area contributed by atoms with E-state index in [0.717, 1.165) is 12.5 Å². The molecule has 102 valence electrons. The number of rotatable bonds is 6. The predicted molar refractivity (Wildman–Crippen MR) is 64.1 cm³/mol. The van der Waals surface area contributed by atoms with E-state index < -0.39 is 17.8 Å². The van der Waals surface area contributed by atoms with Gasteiger partial charge < -0.3 is 10.4 Å². The molecule has 1 rings (SSSR count). The number of alkyl halides is 3. The van der Waals surface area contributed by atoms with Crippen LogP contribution in [-0.4, -0.2) is 17.8 Å². The lowest BCUT2D eigenvalue weighted by Crippen LogP contribution is -2.27. The average Bonchev–Trinajstić information content (AvgIpc) is 2.28. The van der Waals surface area contributed by atoms with Crippen molar-refractivity contribution in [2.75, 3.05) is 6.54 Å². The van der Waals surface area contributed by atoms with Crippen LogP contribution in [-0.2, 0) is 12.7 Å². The molecule has 0 aliphatic heterocycles. The van der Waals surface area contributed by atoms with Crippen LogP contribution in [0.15, 0.2) is 24.3 Å². The Balaban J connectivity index is 2.57. The minimum Gasteiger partial charge on any atom is -0.392 e. The summed E-state index contributed by atoms with van der Waals surface area (Å²) in [5.41, 5.74) is -0.420. The van der Waals surface area contributed by atoms with Crippen LogP contribution in [0.4, 0.5) is 13.2 Å². The second-order valence-electron chi connectivity index (χ2n) is 4.23. The van der Waals surface area contributed by atoms with E-state index in [-0.39, 0.29) is 12.1 Å². The summed E-state index contributed by atoms with van der Waals surface area (Å²) in [6.07, 6.45) is -3.34. The Morgan fingerprint density at radius 3 is 2.56 bits per heavy atom. The highest BCUT2D eigenvalue weighted by Crippen LogP contribution is 2.31. The minimum absolute atomic E-state index is 0.108. The third kappa shape index (κ3) is 4.66. The van der Waals surface area contributed by atoms with Gasteiger partial charge in [0.15, 0.2) is 0 Å². The average molecular weight is 261 g/mol. The number of nitrogens with one attached hydrogen (secondary N) is 1. The van der Waals surface area contributed by atoms with E-state index in [0.29, 0.717) is 13.0 Å². The Morgan fingerprint density at radius 2 is 1.94 bits per heavy atom. The van der Waals surface area contributed by atoms with E-state index in [1.807, 2.05) is 6.92 Å². The Hall–Kier alpha value is -1.07. The normalized spacial score (nSPS) is 13.6. The number of benzene rings is 1. The molecule has 1 atom stereocenters. The zero-order valence-electron chi connectivity index (χ0n) is 10.3. The van der Waals surface area contributed by atoms with Gasteiger partial charge in [0.25, 0.3) is 0 Å². The fraction of sp³-hybridized carbons (Fsp3) is 0.538. The van der Waals surface area contributed by atoms with Gasteiger partial charge in [-0.1, -0.05) is 31.5 Å². The standard InChI is InChI=1S/C13H18F3NO/c1-2-5-11(18)9-17-8-10-6-3-4-7-12(10)13(14,15)16/h3-4,6-7,11,17-18H,2,5,8-9H2,1H3. The monoisotopic (exact) mass is 261 g/mol. The lowest BCUT2D eigenvalue weighted by Gasteiger charge is -2.14.